The molecule has 0 radical (unpaired) electrons. The van der Waals surface area contributed by atoms with Crippen molar-refractivity contribution in [2.45, 2.75) is 51.8 Å². The fraction of sp³-hybridized carbons (Fsp3) is 0.529. The third kappa shape index (κ3) is 6.15. The van der Waals surface area contributed by atoms with Crippen molar-refractivity contribution >= 4 is 21.2 Å². The highest BCUT2D eigenvalue weighted by atomic mass is 31.0. The Morgan fingerprint density at radius 3 is 2.23 bits per heavy atom. The van der Waals surface area contributed by atoms with Gasteiger partial charge in [0.2, 0.25) is 0 Å². The summed E-state index contributed by atoms with van der Waals surface area (Å²) in [5, 5.41) is 0. The molecule has 122 valence electrons. The van der Waals surface area contributed by atoms with Gasteiger partial charge < -0.3 is 9.47 Å². The number of carbonyl (C=O) groups excluding carboxylic acids is 2. The van der Waals surface area contributed by atoms with Gasteiger partial charge in [-0.1, -0.05) is 25.5 Å². The van der Waals surface area contributed by atoms with Crippen molar-refractivity contribution in [1.82, 2.24) is 0 Å². The summed E-state index contributed by atoms with van der Waals surface area (Å²) < 4.78 is 10.4. The lowest BCUT2D eigenvalue weighted by Crippen LogP contribution is -2.17. The highest BCUT2D eigenvalue weighted by Gasteiger charge is 2.19. The number of ether oxygens (including phenoxy) is 2. The van der Waals surface area contributed by atoms with Gasteiger partial charge in [-0.2, -0.15) is 0 Å². The number of benzene rings is 1. The van der Waals surface area contributed by atoms with Crippen LogP contribution in [0, 0.1) is 0 Å². The quantitative estimate of drug-likeness (QED) is 0.538. The lowest BCUT2D eigenvalue weighted by atomic mass is 10.1. The number of carbonyl (C=O) groups is 2. The van der Waals surface area contributed by atoms with Crippen LogP contribution in [0.25, 0.3) is 0 Å². The molecule has 0 amide bonds. The van der Waals surface area contributed by atoms with Crippen molar-refractivity contribution in [3.05, 3.63) is 35.4 Å². The normalized spacial score (nSPS) is 12.0. The van der Waals surface area contributed by atoms with Gasteiger partial charge >= 0.3 is 11.9 Å². The van der Waals surface area contributed by atoms with E-state index in [4.69, 9.17) is 9.47 Å². The molecule has 0 aliphatic rings. The van der Waals surface area contributed by atoms with E-state index in [-0.39, 0.29) is 17.2 Å². The number of hydrogen-bond acceptors (Lipinski definition) is 4. The standard InChI is InChI=1S/C17H25O4P/c1-4-7-13(22)10-11-20-16(18)14-8-5-6-9-15(14)17(19)21-12(2)3/h5-6,8-9,12-13H,4,7,10-11,22H2,1-3H3. The van der Waals surface area contributed by atoms with Gasteiger partial charge in [0.1, 0.15) is 0 Å². The minimum absolute atomic E-state index is 0.233. The molecule has 1 aromatic rings. The second kappa shape index (κ2) is 9.58. The first-order valence-corrected chi connectivity index (χ1v) is 8.35. The number of hydrogen-bond donors (Lipinski definition) is 0. The molecule has 0 bridgehead atoms. The SMILES string of the molecule is CCCC(P)CCOC(=O)c1ccccc1C(=O)OC(C)C. The van der Waals surface area contributed by atoms with Crippen molar-refractivity contribution < 1.29 is 19.1 Å². The zero-order valence-electron chi connectivity index (χ0n) is 13.5. The molecular weight excluding hydrogens is 299 g/mol. The first-order valence-electron chi connectivity index (χ1n) is 7.68. The van der Waals surface area contributed by atoms with Gasteiger partial charge in [-0.3, -0.25) is 0 Å². The molecule has 0 heterocycles. The van der Waals surface area contributed by atoms with E-state index in [1.165, 1.54) is 0 Å². The van der Waals surface area contributed by atoms with Crippen molar-refractivity contribution in [3.63, 3.8) is 0 Å². The summed E-state index contributed by atoms with van der Waals surface area (Å²) in [6, 6.07) is 6.58. The molecule has 0 aromatic heterocycles. The maximum atomic E-state index is 12.2. The van der Waals surface area contributed by atoms with Crippen molar-refractivity contribution in [1.29, 1.82) is 0 Å². The molecule has 0 saturated carbocycles. The zero-order valence-corrected chi connectivity index (χ0v) is 14.7. The van der Waals surface area contributed by atoms with Crippen molar-refractivity contribution in [2.75, 3.05) is 6.61 Å². The van der Waals surface area contributed by atoms with Crippen LogP contribution in [-0.2, 0) is 9.47 Å². The van der Waals surface area contributed by atoms with Gasteiger partial charge in [-0.25, -0.2) is 9.59 Å². The molecule has 5 heteroatoms. The molecule has 4 nitrogen and oxygen atoms in total. The molecule has 0 N–H and O–H groups in total. The molecule has 0 aliphatic carbocycles. The van der Waals surface area contributed by atoms with Crippen molar-refractivity contribution in [2.24, 2.45) is 0 Å². The second-order valence-electron chi connectivity index (χ2n) is 5.47. The van der Waals surface area contributed by atoms with Crippen LogP contribution in [0.5, 0.6) is 0 Å². The van der Waals surface area contributed by atoms with E-state index in [9.17, 15) is 9.59 Å². The van der Waals surface area contributed by atoms with Crippen LogP contribution < -0.4 is 0 Å². The van der Waals surface area contributed by atoms with Crippen molar-refractivity contribution in [3.8, 4) is 0 Å². The number of esters is 2. The summed E-state index contributed by atoms with van der Waals surface area (Å²) in [6.45, 7) is 6.01. The van der Waals surface area contributed by atoms with Crippen LogP contribution in [0.1, 0.15) is 60.7 Å². The Hall–Kier alpha value is -1.41. The van der Waals surface area contributed by atoms with Gasteiger partial charge in [0.05, 0.1) is 23.8 Å². The average Bonchev–Trinajstić information content (AvgIpc) is 2.46. The van der Waals surface area contributed by atoms with Crippen LogP contribution in [0.4, 0.5) is 0 Å². The first kappa shape index (κ1) is 18.6. The van der Waals surface area contributed by atoms with Crippen LogP contribution in [0.2, 0.25) is 0 Å². The summed E-state index contributed by atoms with van der Waals surface area (Å²) in [5.74, 6) is -0.984. The molecule has 1 rings (SSSR count). The second-order valence-corrected chi connectivity index (χ2v) is 6.42. The maximum Gasteiger partial charge on any atom is 0.339 e. The summed E-state index contributed by atoms with van der Waals surface area (Å²) in [4.78, 5) is 24.2. The monoisotopic (exact) mass is 324 g/mol. The zero-order chi connectivity index (χ0) is 16.5. The molecule has 0 fully saturated rings. The van der Waals surface area contributed by atoms with E-state index in [1.807, 2.05) is 0 Å². The average molecular weight is 324 g/mol. The Kier molecular flexibility index (Phi) is 8.11. The minimum atomic E-state index is -0.502. The van der Waals surface area contributed by atoms with Crippen LogP contribution >= 0.6 is 9.24 Å². The predicted molar refractivity (Wildman–Crippen MR) is 90.3 cm³/mol. The van der Waals surface area contributed by atoms with Gasteiger partial charge in [0.15, 0.2) is 0 Å². The predicted octanol–water partition coefficient (Wildman–Crippen LogP) is 3.84. The van der Waals surface area contributed by atoms with E-state index < -0.39 is 11.9 Å². The van der Waals surface area contributed by atoms with Gasteiger partial charge in [0, 0.05) is 0 Å². The fourth-order valence-electron chi connectivity index (χ4n) is 2.01. The van der Waals surface area contributed by atoms with E-state index in [1.54, 1.807) is 38.1 Å². The third-order valence-electron chi connectivity index (χ3n) is 3.09. The maximum absolute atomic E-state index is 12.2. The van der Waals surface area contributed by atoms with Gasteiger partial charge in [-0.05, 0) is 44.5 Å². The van der Waals surface area contributed by atoms with Crippen LogP contribution in [0.15, 0.2) is 24.3 Å². The largest absolute Gasteiger partial charge is 0.462 e. The minimum Gasteiger partial charge on any atom is -0.462 e. The Morgan fingerprint density at radius 1 is 1.09 bits per heavy atom. The van der Waals surface area contributed by atoms with Gasteiger partial charge in [0.25, 0.3) is 0 Å². The Labute approximate surface area is 134 Å². The molecular formula is C17H25O4P. The number of rotatable bonds is 8. The summed E-state index contributed by atoms with van der Waals surface area (Å²) in [5.41, 5.74) is 0.945. The molecule has 0 aliphatic heterocycles. The highest BCUT2D eigenvalue weighted by molar-refractivity contribution is 7.17. The smallest absolute Gasteiger partial charge is 0.339 e. The van der Waals surface area contributed by atoms with Gasteiger partial charge in [-0.15, -0.1) is 9.24 Å². The van der Waals surface area contributed by atoms with E-state index >= 15 is 0 Å². The Morgan fingerprint density at radius 2 is 1.68 bits per heavy atom. The third-order valence-corrected chi connectivity index (χ3v) is 3.76. The lowest BCUT2D eigenvalue weighted by molar-refractivity contribution is 0.0361. The Bertz CT molecular complexity index is 499. The van der Waals surface area contributed by atoms with Crippen LogP contribution in [-0.4, -0.2) is 30.3 Å². The topological polar surface area (TPSA) is 52.6 Å². The van der Waals surface area contributed by atoms with Crippen LogP contribution in [0.3, 0.4) is 0 Å². The fourth-order valence-corrected chi connectivity index (χ4v) is 2.48. The highest BCUT2D eigenvalue weighted by Crippen LogP contribution is 2.15. The molecule has 2 atom stereocenters. The summed E-state index contributed by atoms with van der Waals surface area (Å²) in [6.07, 6.45) is 2.75. The molecule has 2 unspecified atom stereocenters. The molecule has 0 saturated heterocycles. The first-order chi connectivity index (χ1) is 10.5. The molecule has 1 aromatic carbocycles. The molecule has 22 heavy (non-hydrogen) atoms. The summed E-state index contributed by atoms with van der Waals surface area (Å²) in [7, 11) is 2.77. The summed E-state index contributed by atoms with van der Waals surface area (Å²) >= 11 is 0. The van der Waals surface area contributed by atoms with E-state index in [0.29, 0.717) is 12.3 Å². The molecule has 0 spiro atoms. The Balaban J connectivity index is 2.67. The van der Waals surface area contributed by atoms with E-state index in [2.05, 4.69) is 16.2 Å². The lowest BCUT2D eigenvalue weighted by Gasteiger charge is -2.13. The van der Waals surface area contributed by atoms with E-state index in [0.717, 1.165) is 19.3 Å².